The Hall–Kier alpha value is -1.69. The number of hydrogen-bond donors (Lipinski definition) is 1. The lowest BCUT2D eigenvalue weighted by Gasteiger charge is -2.31. The molecule has 1 N–H and O–H groups in total. The van der Waals surface area contributed by atoms with Crippen LogP contribution < -0.4 is 4.74 Å². The Morgan fingerprint density at radius 1 is 1.38 bits per heavy atom. The van der Waals surface area contributed by atoms with E-state index < -0.39 is 23.1 Å². The zero-order valence-electron chi connectivity index (χ0n) is 11.9. The third-order valence-electron chi connectivity index (χ3n) is 3.73. The van der Waals surface area contributed by atoms with Gasteiger partial charge in [0.15, 0.2) is 11.6 Å². The number of hydrogen-bond acceptors (Lipinski definition) is 3. The Balaban J connectivity index is 2.21. The first kappa shape index (κ1) is 15.7. The van der Waals surface area contributed by atoms with E-state index in [4.69, 9.17) is 9.84 Å². The van der Waals surface area contributed by atoms with Gasteiger partial charge in [0.1, 0.15) is 11.4 Å². The Morgan fingerprint density at radius 3 is 2.62 bits per heavy atom. The number of rotatable bonds is 4. The van der Waals surface area contributed by atoms with Crippen molar-refractivity contribution in [3.63, 3.8) is 0 Å². The van der Waals surface area contributed by atoms with Crippen molar-refractivity contribution in [3.05, 3.63) is 29.3 Å². The van der Waals surface area contributed by atoms with Crippen LogP contribution in [0.25, 0.3) is 0 Å². The fraction of sp³-hybridized carbons (Fsp3) is 0.533. The van der Waals surface area contributed by atoms with E-state index in [-0.39, 0.29) is 24.9 Å². The molecule has 116 valence electrons. The molecule has 1 fully saturated rings. The first-order chi connectivity index (χ1) is 10.1. The largest absolute Gasteiger partial charge is 0.491 e. The molecule has 0 unspecified atom stereocenters. The summed E-state index contributed by atoms with van der Waals surface area (Å²) in [4.78, 5) is 13.7. The molecule has 0 spiro atoms. The predicted molar refractivity (Wildman–Crippen MR) is 73.2 cm³/mol. The van der Waals surface area contributed by atoms with Gasteiger partial charge in [-0.3, -0.25) is 4.79 Å². The number of carbonyl (C=O) groups is 1. The Bertz CT molecular complexity index is 514. The van der Waals surface area contributed by atoms with E-state index >= 15 is 0 Å². The molecule has 0 aromatic heterocycles. The second-order valence-corrected chi connectivity index (χ2v) is 5.09. The summed E-state index contributed by atoms with van der Waals surface area (Å²) >= 11 is 0. The molecule has 1 aromatic carbocycles. The van der Waals surface area contributed by atoms with E-state index in [1.165, 1.54) is 11.0 Å². The first-order valence-corrected chi connectivity index (χ1v) is 7.09. The van der Waals surface area contributed by atoms with Crippen molar-refractivity contribution in [1.29, 1.82) is 0 Å². The van der Waals surface area contributed by atoms with Gasteiger partial charge in [0.2, 0.25) is 0 Å². The number of amides is 1. The minimum atomic E-state index is -0.953. The van der Waals surface area contributed by atoms with E-state index in [2.05, 4.69) is 0 Å². The number of carbonyl (C=O) groups excluding carboxylic acids is 1. The molecule has 1 heterocycles. The molecule has 0 aliphatic carbocycles. The minimum Gasteiger partial charge on any atom is -0.491 e. The van der Waals surface area contributed by atoms with Gasteiger partial charge in [-0.2, -0.15) is 0 Å². The Morgan fingerprint density at radius 2 is 2.05 bits per heavy atom. The molecule has 0 bridgehead atoms. The molecule has 6 heteroatoms. The topological polar surface area (TPSA) is 49.8 Å². The Labute approximate surface area is 122 Å². The highest BCUT2D eigenvalue weighted by molar-refractivity contribution is 5.95. The van der Waals surface area contributed by atoms with Crippen molar-refractivity contribution < 1.29 is 23.4 Å². The van der Waals surface area contributed by atoms with Gasteiger partial charge in [0.05, 0.1) is 6.61 Å². The van der Waals surface area contributed by atoms with Gasteiger partial charge in [-0.05, 0) is 37.8 Å². The molecular formula is C15H19F2NO3. The molecular weight excluding hydrogens is 280 g/mol. The van der Waals surface area contributed by atoms with E-state index in [1.807, 2.05) is 0 Å². The van der Waals surface area contributed by atoms with Crippen LogP contribution >= 0.6 is 0 Å². The average Bonchev–Trinajstić information content (AvgIpc) is 2.50. The number of aliphatic hydroxyl groups excluding tert-OH is 1. The van der Waals surface area contributed by atoms with Crippen LogP contribution in [0.15, 0.2) is 12.1 Å². The molecule has 0 atom stereocenters. The first-order valence-electron chi connectivity index (χ1n) is 7.09. The van der Waals surface area contributed by atoms with Crippen LogP contribution in [0, 0.1) is 17.6 Å². The van der Waals surface area contributed by atoms with Gasteiger partial charge in [0, 0.05) is 19.7 Å². The summed E-state index contributed by atoms with van der Waals surface area (Å²) in [5.74, 6) is -2.47. The molecule has 0 radical (unpaired) electrons. The van der Waals surface area contributed by atoms with Crippen LogP contribution in [-0.4, -0.2) is 42.2 Å². The maximum Gasteiger partial charge on any atom is 0.259 e. The number of piperidine rings is 1. The van der Waals surface area contributed by atoms with Gasteiger partial charge < -0.3 is 14.7 Å². The van der Waals surface area contributed by atoms with E-state index in [0.29, 0.717) is 25.9 Å². The van der Waals surface area contributed by atoms with Crippen molar-refractivity contribution in [2.75, 3.05) is 26.3 Å². The number of likely N-dealkylation sites (tertiary alicyclic amines) is 1. The SMILES string of the molecule is CCOc1ccc(F)c(C(=O)N2CCC(CO)CC2)c1F. The fourth-order valence-electron chi connectivity index (χ4n) is 2.47. The van der Waals surface area contributed by atoms with Crippen molar-refractivity contribution in [1.82, 2.24) is 4.90 Å². The molecule has 21 heavy (non-hydrogen) atoms. The fourth-order valence-corrected chi connectivity index (χ4v) is 2.47. The minimum absolute atomic E-state index is 0.0740. The average molecular weight is 299 g/mol. The number of ether oxygens (including phenoxy) is 1. The predicted octanol–water partition coefficient (Wildman–Crippen LogP) is 2.21. The smallest absolute Gasteiger partial charge is 0.259 e. The molecule has 1 aliphatic rings. The summed E-state index contributed by atoms with van der Waals surface area (Å²) in [5.41, 5.74) is -0.566. The summed E-state index contributed by atoms with van der Waals surface area (Å²) in [6.07, 6.45) is 1.27. The van der Waals surface area contributed by atoms with Crippen molar-refractivity contribution in [2.45, 2.75) is 19.8 Å². The Kier molecular flexibility index (Phi) is 5.12. The van der Waals surface area contributed by atoms with Crippen LogP contribution in [0.1, 0.15) is 30.1 Å². The van der Waals surface area contributed by atoms with Crippen molar-refractivity contribution in [3.8, 4) is 5.75 Å². The summed E-state index contributed by atoms with van der Waals surface area (Å²) < 4.78 is 33.1. The van der Waals surface area contributed by atoms with Gasteiger partial charge in [-0.15, -0.1) is 0 Å². The molecule has 4 nitrogen and oxygen atoms in total. The lowest BCUT2D eigenvalue weighted by atomic mass is 9.97. The zero-order valence-corrected chi connectivity index (χ0v) is 11.9. The summed E-state index contributed by atoms with van der Waals surface area (Å²) in [5, 5.41) is 9.08. The van der Waals surface area contributed by atoms with E-state index in [0.717, 1.165) is 6.07 Å². The maximum absolute atomic E-state index is 14.2. The monoisotopic (exact) mass is 299 g/mol. The van der Waals surface area contributed by atoms with Gasteiger partial charge >= 0.3 is 0 Å². The number of nitrogens with zero attached hydrogens (tertiary/aromatic N) is 1. The standard InChI is InChI=1S/C15H19F2NO3/c1-2-21-12-4-3-11(16)13(14(12)17)15(20)18-7-5-10(9-19)6-8-18/h3-4,10,19H,2,5-9H2,1H3. The number of benzene rings is 1. The number of aliphatic hydroxyl groups is 1. The highest BCUT2D eigenvalue weighted by Gasteiger charge is 2.28. The van der Waals surface area contributed by atoms with Gasteiger partial charge in [-0.25, -0.2) is 8.78 Å². The quantitative estimate of drug-likeness (QED) is 0.927. The molecule has 1 saturated heterocycles. The maximum atomic E-state index is 14.2. The summed E-state index contributed by atoms with van der Waals surface area (Å²) in [7, 11) is 0. The van der Waals surface area contributed by atoms with Crippen LogP contribution in [0.2, 0.25) is 0 Å². The molecule has 1 aliphatic heterocycles. The molecule has 0 saturated carbocycles. The normalized spacial score (nSPS) is 16.1. The van der Waals surface area contributed by atoms with Crippen LogP contribution in [-0.2, 0) is 0 Å². The van der Waals surface area contributed by atoms with E-state index in [9.17, 15) is 13.6 Å². The second kappa shape index (κ2) is 6.85. The highest BCUT2D eigenvalue weighted by Crippen LogP contribution is 2.26. The van der Waals surface area contributed by atoms with Gasteiger partial charge in [-0.1, -0.05) is 0 Å². The number of halogens is 2. The van der Waals surface area contributed by atoms with Crippen molar-refractivity contribution in [2.24, 2.45) is 5.92 Å². The second-order valence-electron chi connectivity index (χ2n) is 5.09. The lowest BCUT2D eigenvalue weighted by Crippen LogP contribution is -2.40. The highest BCUT2D eigenvalue weighted by atomic mass is 19.1. The van der Waals surface area contributed by atoms with Crippen LogP contribution in [0.3, 0.4) is 0 Å². The van der Waals surface area contributed by atoms with Crippen LogP contribution in [0.4, 0.5) is 8.78 Å². The van der Waals surface area contributed by atoms with Crippen LogP contribution in [0.5, 0.6) is 5.75 Å². The third kappa shape index (κ3) is 3.32. The molecule has 2 rings (SSSR count). The molecule has 1 aromatic rings. The lowest BCUT2D eigenvalue weighted by molar-refractivity contribution is 0.0640. The third-order valence-corrected chi connectivity index (χ3v) is 3.73. The van der Waals surface area contributed by atoms with Gasteiger partial charge in [0.25, 0.3) is 5.91 Å². The summed E-state index contributed by atoms with van der Waals surface area (Å²) in [6.45, 7) is 2.77. The zero-order chi connectivity index (χ0) is 15.4. The molecule has 1 amide bonds. The van der Waals surface area contributed by atoms with Crippen molar-refractivity contribution >= 4 is 5.91 Å². The summed E-state index contributed by atoms with van der Waals surface area (Å²) in [6, 6.07) is 2.23. The van der Waals surface area contributed by atoms with E-state index in [1.54, 1.807) is 6.92 Å².